The van der Waals surface area contributed by atoms with Crippen LogP contribution in [0, 0.1) is 0 Å². The zero-order valence-electron chi connectivity index (χ0n) is 18.2. The van der Waals surface area contributed by atoms with Crippen molar-refractivity contribution in [3.05, 3.63) is 105 Å². The molecule has 0 saturated carbocycles. The standard InChI is InChI=1S/C26H23Cl2NO4/c1-29-23(17-7-11-20(27)12-8-17)24(18-9-13-21(28)14-10-18)33-22(25(29)30)15-16-3-5-19(6-4-16)26(31)32-2/h3-14,22-24H,15H2,1-2H3/t22-,23+,24-/m1/s1. The number of rotatable bonds is 5. The van der Waals surface area contributed by atoms with Gasteiger partial charge >= 0.3 is 5.97 Å². The molecule has 1 fully saturated rings. The first kappa shape index (κ1) is 23.3. The number of hydrogen-bond acceptors (Lipinski definition) is 4. The van der Waals surface area contributed by atoms with Crippen molar-refractivity contribution in [2.45, 2.75) is 24.7 Å². The van der Waals surface area contributed by atoms with Crippen LogP contribution in [0.5, 0.6) is 0 Å². The van der Waals surface area contributed by atoms with E-state index >= 15 is 0 Å². The molecule has 0 aromatic heterocycles. The number of ether oxygens (including phenoxy) is 2. The van der Waals surface area contributed by atoms with Crippen LogP contribution in [0.2, 0.25) is 10.0 Å². The zero-order valence-corrected chi connectivity index (χ0v) is 19.7. The highest BCUT2D eigenvalue weighted by atomic mass is 35.5. The first-order valence-corrected chi connectivity index (χ1v) is 11.2. The molecule has 4 rings (SSSR count). The van der Waals surface area contributed by atoms with Crippen LogP contribution in [0.1, 0.15) is 39.2 Å². The van der Waals surface area contributed by atoms with Crippen LogP contribution >= 0.6 is 23.2 Å². The topological polar surface area (TPSA) is 55.8 Å². The fourth-order valence-electron chi connectivity index (χ4n) is 4.09. The maximum atomic E-state index is 13.3. The summed E-state index contributed by atoms with van der Waals surface area (Å²) in [7, 11) is 3.13. The summed E-state index contributed by atoms with van der Waals surface area (Å²) in [6, 6.07) is 21.6. The van der Waals surface area contributed by atoms with E-state index in [0.29, 0.717) is 22.0 Å². The van der Waals surface area contributed by atoms with E-state index in [9.17, 15) is 9.59 Å². The van der Waals surface area contributed by atoms with Crippen molar-refractivity contribution in [2.75, 3.05) is 14.2 Å². The molecule has 3 aromatic carbocycles. The molecule has 0 radical (unpaired) electrons. The third-order valence-electron chi connectivity index (χ3n) is 5.84. The van der Waals surface area contributed by atoms with Gasteiger partial charge in [0.1, 0.15) is 12.2 Å². The first-order valence-electron chi connectivity index (χ1n) is 10.5. The van der Waals surface area contributed by atoms with Crippen LogP contribution in [-0.4, -0.2) is 37.0 Å². The van der Waals surface area contributed by atoms with Gasteiger partial charge in [-0.3, -0.25) is 4.79 Å². The second kappa shape index (κ2) is 9.96. The highest BCUT2D eigenvalue weighted by Crippen LogP contribution is 2.42. The van der Waals surface area contributed by atoms with Crippen LogP contribution in [0.25, 0.3) is 0 Å². The minimum Gasteiger partial charge on any atom is -0.465 e. The number of amides is 1. The number of methoxy groups -OCH3 is 1. The minimum atomic E-state index is -0.678. The molecule has 1 amide bonds. The lowest BCUT2D eigenvalue weighted by molar-refractivity contribution is -0.171. The molecule has 0 bridgehead atoms. The summed E-state index contributed by atoms with van der Waals surface area (Å²) in [6.07, 6.45) is -0.698. The molecule has 1 heterocycles. The van der Waals surface area contributed by atoms with Crippen molar-refractivity contribution >= 4 is 35.1 Å². The van der Waals surface area contributed by atoms with E-state index < -0.39 is 18.2 Å². The van der Waals surface area contributed by atoms with Crippen LogP contribution in [-0.2, 0) is 20.7 Å². The molecule has 5 nitrogen and oxygen atoms in total. The van der Waals surface area contributed by atoms with Crippen molar-refractivity contribution < 1.29 is 19.1 Å². The van der Waals surface area contributed by atoms with Gasteiger partial charge in [-0.2, -0.15) is 0 Å². The van der Waals surface area contributed by atoms with Crippen molar-refractivity contribution in [3.8, 4) is 0 Å². The summed E-state index contributed by atoms with van der Waals surface area (Å²) in [6.45, 7) is 0. The summed E-state index contributed by atoms with van der Waals surface area (Å²) in [5.41, 5.74) is 3.19. The van der Waals surface area contributed by atoms with E-state index in [4.69, 9.17) is 32.7 Å². The normalized spacial score (nSPS) is 20.5. The number of halogens is 2. The van der Waals surface area contributed by atoms with E-state index in [0.717, 1.165) is 16.7 Å². The Morgan fingerprint density at radius 1 is 0.909 bits per heavy atom. The predicted octanol–water partition coefficient (Wildman–Crippen LogP) is 5.66. The second-order valence-corrected chi connectivity index (χ2v) is 8.81. The number of benzene rings is 3. The lowest BCUT2D eigenvalue weighted by Gasteiger charge is -2.43. The molecule has 33 heavy (non-hydrogen) atoms. The summed E-state index contributed by atoms with van der Waals surface area (Å²) < 4.78 is 11.2. The molecule has 0 N–H and O–H groups in total. The molecule has 1 aliphatic rings. The lowest BCUT2D eigenvalue weighted by Crippen LogP contribution is -2.49. The average molecular weight is 484 g/mol. The van der Waals surface area contributed by atoms with Crippen LogP contribution in [0.4, 0.5) is 0 Å². The molecule has 0 unspecified atom stereocenters. The number of hydrogen-bond donors (Lipinski definition) is 0. The van der Waals surface area contributed by atoms with Crippen molar-refractivity contribution in [2.24, 2.45) is 0 Å². The fraction of sp³-hybridized carbons (Fsp3) is 0.231. The molecule has 170 valence electrons. The number of carbonyl (C=O) groups is 2. The molecule has 1 saturated heterocycles. The van der Waals surface area contributed by atoms with E-state index in [1.807, 2.05) is 60.7 Å². The van der Waals surface area contributed by atoms with Gasteiger partial charge in [-0.25, -0.2) is 4.79 Å². The van der Waals surface area contributed by atoms with Gasteiger partial charge in [0.15, 0.2) is 0 Å². The average Bonchev–Trinajstić information content (AvgIpc) is 2.83. The van der Waals surface area contributed by atoms with E-state index in [-0.39, 0.29) is 11.9 Å². The van der Waals surface area contributed by atoms with Crippen molar-refractivity contribution in [3.63, 3.8) is 0 Å². The molecular weight excluding hydrogens is 461 g/mol. The summed E-state index contributed by atoms with van der Waals surface area (Å²) >= 11 is 12.2. The molecule has 7 heteroatoms. The van der Waals surface area contributed by atoms with Crippen LogP contribution in [0.3, 0.4) is 0 Å². The quantitative estimate of drug-likeness (QED) is 0.439. The highest BCUT2D eigenvalue weighted by molar-refractivity contribution is 6.30. The highest BCUT2D eigenvalue weighted by Gasteiger charge is 2.42. The van der Waals surface area contributed by atoms with Crippen molar-refractivity contribution in [1.29, 1.82) is 0 Å². The molecule has 0 spiro atoms. The maximum absolute atomic E-state index is 13.3. The van der Waals surface area contributed by atoms with Gasteiger partial charge in [-0.1, -0.05) is 59.6 Å². The van der Waals surface area contributed by atoms with Crippen LogP contribution in [0.15, 0.2) is 72.8 Å². The molecular formula is C26H23Cl2NO4. The summed E-state index contributed by atoms with van der Waals surface area (Å²) in [5, 5.41) is 1.25. The Balaban J connectivity index is 1.64. The minimum absolute atomic E-state index is 0.114. The third kappa shape index (κ3) is 5.06. The van der Waals surface area contributed by atoms with Gasteiger partial charge in [-0.05, 0) is 53.1 Å². The largest absolute Gasteiger partial charge is 0.465 e. The maximum Gasteiger partial charge on any atom is 0.337 e. The van der Waals surface area contributed by atoms with E-state index in [1.165, 1.54) is 7.11 Å². The second-order valence-electron chi connectivity index (χ2n) is 7.94. The Morgan fingerprint density at radius 3 is 2.00 bits per heavy atom. The van der Waals surface area contributed by atoms with Gasteiger partial charge in [0.2, 0.25) is 0 Å². The Morgan fingerprint density at radius 2 is 1.45 bits per heavy atom. The predicted molar refractivity (Wildman–Crippen MR) is 128 cm³/mol. The Kier molecular flexibility index (Phi) is 7.03. The van der Waals surface area contributed by atoms with E-state index in [1.54, 1.807) is 24.1 Å². The first-order chi connectivity index (χ1) is 15.9. The summed E-state index contributed by atoms with van der Waals surface area (Å²) in [5.74, 6) is -0.517. The van der Waals surface area contributed by atoms with E-state index in [2.05, 4.69) is 0 Å². The smallest absolute Gasteiger partial charge is 0.337 e. The Hall–Kier alpha value is -2.86. The number of nitrogens with zero attached hydrogens (tertiary/aromatic N) is 1. The zero-order chi connectivity index (χ0) is 23.5. The third-order valence-corrected chi connectivity index (χ3v) is 6.35. The number of esters is 1. The molecule has 1 aliphatic heterocycles. The van der Waals surface area contributed by atoms with Gasteiger partial charge in [0.05, 0.1) is 18.7 Å². The monoisotopic (exact) mass is 483 g/mol. The van der Waals surface area contributed by atoms with Crippen molar-refractivity contribution in [1.82, 2.24) is 4.90 Å². The van der Waals surface area contributed by atoms with Gasteiger partial charge < -0.3 is 14.4 Å². The molecule has 0 aliphatic carbocycles. The summed E-state index contributed by atoms with van der Waals surface area (Å²) in [4.78, 5) is 26.7. The number of likely N-dealkylation sites (N-methyl/N-ethyl adjacent to an activating group) is 1. The van der Waals surface area contributed by atoms with Gasteiger partial charge in [0, 0.05) is 23.5 Å². The van der Waals surface area contributed by atoms with Gasteiger partial charge in [0.25, 0.3) is 5.91 Å². The SMILES string of the molecule is COC(=O)c1ccc(C[C@H]2O[C@H](c3ccc(Cl)cc3)[C@H](c3ccc(Cl)cc3)N(C)C2=O)cc1. The molecule has 3 aromatic rings. The Labute approximate surface area is 202 Å². The number of carbonyl (C=O) groups excluding carboxylic acids is 2. The van der Waals surface area contributed by atoms with Crippen LogP contribution < -0.4 is 0 Å². The lowest BCUT2D eigenvalue weighted by atomic mass is 9.91. The Bertz CT molecular complexity index is 1130. The van der Waals surface area contributed by atoms with Gasteiger partial charge in [-0.15, -0.1) is 0 Å². The number of morpholine rings is 1. The molecule has 3 atom stereocenters. The fourth-order valence-corrected chi connectivity index (χ4v) is 4.34.